The van der Waals surface area contributed by atoms with Gasteiger partial charge < -0.3 is 24.8 Å². The minimum atomic E-state index is -0.907. The van der Waals surface area contributed by atoms with Gasteiger partial charge in [-0.3, -0.25) is 9.88 Å². The average molecular weight is 487 g/mol. The van der Waals surface area contributed by atoms with Crippen LogP contribution in [0.15, 0.2) is 42.6 Å². The van der Waals surface area contributed by atoms with Crippen LogP contribution < -0.4 is 20.1 Å². The number of anilines is 1. The zero-order valence-electron chi connectivity index (χ0n) is 19.8. The van der Waals surface area contributed by atoms with Gasteiger partial charge in [-0.05, 0) is 29.8 Å². The summed E-state index contributed by atoms with van der Waals surface area (Å²) in [5.74, 6) is -0.897. The van der Waals surface area contributed by atoms with Crippen LogP contribution in [0.4, 0.5) is 19.3 Å². The predicted octanol–water partition coefficient (Wildman–Crippen LogP) is 3.77. The van der Waals surface area contributed by atoms with Crippen molar-refractivity contribution in [1.82, 2.24) is 15.2 Å². The van der Waals surface area contributed by atoms with Crippen molar-refractivity contribution in [3.05, 3.63) is 59.8 Å². The first-order valence-corrected chi connectivity index (χ1v) is 11.2. The molecule has 35 heavy (non-hydrogen) atoms. The molecule has 1 saturated heterocycles. The number of aromatic nitrogens is 1. The Bertz CT molecular complexity index is 1210. The largest absolute Gasteiger partial charge is 0.493 e. The van der Waals surface area contributed by atoms with Crippen molar-refractivity contribution >= 4 is 22.6 Å². The van der Waals surface area contributed by atoms with Gasteiger partial charge in [-0.1, -0.05) is 6.07 Å². The number of hydrogen-bond acceptors (Lipinski definition) is 6. The number of carbonyl (C=O) groups excluding carboxylic acids is 1. The third-order valence-corrected chi connectivity index (χ3v) is 6.14. The average Bonchev–Trinajstić information content (AvgIpc) is 3.25. The Morgan fingerprint density at radius 2 is 1.83 bits per heavy atom. The second-order valence-electron chi connectivity index (χ2n) is 8.36. The number of nitrogens with one attached hydrogen (secondary N) is 2. The second-order valence-corrected chi connectivity index (χ2v) is 8.36. The Kier molecular flexibility index (Phi) is 7.62. The topological polar surface area (TPSA) is 85.0 Å². The van der Waals surface area contributed by atoms with E-state index in [9.17, 15) is 13.6 Å². The van der Waals surface area contributed by atoms with E-state index in [0.717, 1.165) is 11.5 Å². The number of amides is 2. The van der Waals surface area contributed by atoms with Gasteiger partial charge in [-0.25, -0.2) is 13.6 Å². The van der Waals surface area contributed by atoms with Crippen molar-refractivity contribution in [3.63, 3.8) is 0 Å². The van der Waals surface area contributed by atoms with Gasteiger partial charge in [0.15, 0.2) is 23.1 Å². The normalized spacial score (nSPS) is 18.0. The summed E-state index contributed by atoms with van der Waals surface area (Å²) in [7, 11) is 4.72. The van der Waals surface area contributed by atoms with E-state index < -0.39 is 17.7 Å². The van der Waals surface area contributed by atoms with Crippen molar-refractivity contribution in [2.45, 2.75) is 12.0 Å². The smallest absolute Gasteiger partial charge is 0.319 e. The van der Waals surface area contributed by atoms with E-state index in [1.54, 1.807) is 51.8 Å². The Morgan fingerprint density at radius 3 is 2.54 bits per heavy atom. The highest BCUT2D eigenvalue weighted by Gasteiger charge is 2.35. The molecule has 1 aliphatic rings. The molecule has 2 atom stereocenters. The first kappa shape index (κ1) is 24.6. The number of benzene rings is 2. The minimum Gasteiger partial charge on any atom is -0.493 e. The molecule has 0 spiro atoms. The number of likely N-dealkylation sites (tertiary alicyclic amines) is 1. The van der Waals surface area contributed by atoms with Gasteiger partial charge in [-0.2, -0.15) is 0 Å². The molecule has 1 aliphatic heterocycles. The third kappa shape index (κ3) is 5.60. The number of pyridine rings is 1. The number of rotatable bonds is 8. The number of halogens is 2. The number of nitrogens with zero attached hydrogens (tertiary/aromatic N) is 2. The van der Waals surface area contributed by atoms with Crippen molar-refractivity contribution in [3.8, 4) is 11.5 Å². The summed E-state index contributed by atoms with van der Waals surface area (Å²) in [5, 5.41) is 6.57. The number of ether oxygens (including phenoxy) is 3. The SMILES string of the molecule is COCCN1C[C@@H](NC(=O)Nc2cnc3cc(OC)c(OC)cc3c2)[C@H](c2ccc(F)c(F)c2)C1. The fourth-order valence-electron chi connectivity index (χ4n) is 4.37. The summed E-state index contributed by atoms with van der Waals surface area (Å²) in [4.78, 5) is 19.4. The molecule has 1 fully saturated rings. The molecule has 8 nitrogen and oxygen atoms in total. The molecule has 10 heteroatoms. The molecular weight excluding hydrogens is 458 g/mol. The van der Waals surface area contributed by atoms with Crippen LogP contribution in [0.2, 0.25) is 0 Å². The summed E-state index contributed by atoms with van der Waals surface area (Å²) in [6, 6.07) is 8.48. The molecule has 3 aromatic rings. The van der Waals surface area contributed by atoms with Crippen LogP contribution in [-0.2, 0) is 4.74 Å². The van der Waals surface area contributed by atoms with Gasteiger partial charge in [0, 0.05) is 44.1 Å². The van der Waals surface area contributed by atoms with E-state index in [1.165, 1.54) is 6.07 Å². The molecular formula is C25H28F2N4O4. The second kappa shape index (κ2) is 10.8. The highest BCUT2D eigenvalue weighted by atomic mass is 19.2. The van der Waals surface area contributed by atoms with E-state index in [2.05, 4.69) is 20.5 Å². The number of hydrogen-bond donors (Lipinski definition) is 2. The quantitative estimate of drug-likeness (QED) is 0.504. The van der Waals surface area contributed by atoms with Gasteiger partial charge in [-0.15, -0.1) is 0 Å². The minimum absolute atomic E-state index is 0.209. The zero-order valence-corrected chi connectivity index (χ0v) is 19.8. The summed E-state index contributed by atoms with van der Waals surface area (Å²) in [6.07, 6.45) is 1.56. The van der Waals surface area contributed by atoms with Crippen LogP contribution in [0.5, 0.6) is 11.5 Å². The van der Waals surface area contributed by atoms with Crippen molar-refractivity contribution < 1.29 is 27.8 Å². The maximum atomic E-state index is 13.9. The van der Waals surface area contributed by atoms with Crippen LogP contribution >= 0.6 is 0 Å². The van der Waals surface area contributed by atoms with Crippen molar-refractivity contribution in [1.29, 1.82) is 0 Å². The molecule has 0 aliphatic carbocycles. The lowest BCUT2D eigenvalue weighted by atomic mass is 9.94. The molecule has 4 rings (SSSR count). The molecule has 2 aromatic carbocycles. The zero-order chi connectivity index (χ0) is 24.9. The fraction of sp³-hybridized carbons (Fsp3) is 0.360. The van der Waals surface area contributed by atoms with Gasteiger partial charge >= 0.3 is 6.03 Å². The molecule has 0 bridgehead atoms. The molecule has 2 amide bonds. The molecule has 0 radical (unpaired) electrons. The first-order valence-electron chi connectivity index (χ1n) is 11.2. The summed E-state index contributed by atoms with van der Waals surface area (Å²) < 4.78 is 43.2. The number of carbonyl (C=O) groups is 1. The predicted molar refractivity (Wildman–Crippen MR) is 128 cm³/mol. The Morgan fingerprint density at radius 1 is 1.06 bits per heavy atom. The molecule has 2 heterocycles. The van der Waals surface area contributed by atoms with E-state index in [0.29, 0.717) is 54.5 Å². The summed E-state index contributed by atoms with van der Waals surface area (Å²) in [5.41, 5.74) is 1.82. The van der Waals surface area contributed by atoms with E-state index in [-0.39, 0.29) is 12.0 Å². The number of urea groups is 1. The van der Waals surface area contributed by atoms with Crippen LogP contribution in [0.1, 0.15) is 11.5 Å². The molecule has 0 unspecified atom stereocenters. The highest BCUT2D eigenvalue weighted by molar-refractivity contribution is 5.93. The van der Waals surface area contributed by atoms with E-state index >= 15 is 0 Å². The maximum Gasteiger partial charge on any atom is 0.319 e. The van der Waals surface area contributed by atoms with Crippen LogP contribution in [0, 0.1) is 11.6 Å². The molecule has 186 valence electrons. The van der Waals surface area contributed by atoms with Crippen LogP contribution in [0.3, 0.4) is 0 Å². The van der Waals surface area contributed by atoms with Gasteiger partial charge in [0.05, 0.1) is 44.3 Å². The Hall–Kier alpha value is -3.50. The van der Waals surface area contributed by atoms with Crippen molar-refractivity contribution in [2.75, 3.05) is 52.9 Å². The van der Waals surface area contributed by atoms with Gasteiger partial charge in [0.1, 0.15) is 0 Å². The number of methoxy groups -OCH3 is 3. The Labute approximate surface area is 202 Å². The lowest BCUT2D eigenvalue weighted by Crippen LogP contribution is -2.42. The standard InChI is InChI=1S/C25H28F2N4O4/c1-33-7-6-31-13-18(15-4-5-19(26)20(27)9-15)22(14-31)30-25(32)29-17-8-16-10-23(34-2)24(35-3)11-21(16)28-12-17/h4-5,8-12,18,22H,6-7,13-14H2,1-3H3,(H2,29,30,32)/t18-,22+/m0/s1. The monoisotopic (exact) mass is 486 g/mol. The molecule has 2 N–H and O–H groups in total. The summed E-state index contributed by atoms with van der Waals surface area (Å²) >= 11 is 0. The van der Waals surface area contributed by atoms with Crippen LogP contribution in [0.25, 0.3) is 10.9 Å². The van der Waals surface area contributed by atoms with E-state index in [4.69, 9.17) is 14.2 Å². The summed E-state index contributed by atoms with van der Waals surface area (Å²) in [6.45, 7) is 2.32. The lowest BCUT2D eigenvalue weighted by molar-refractivity contribution is 0.159. The van der Waals surface area contributed by atoms with Gasteiger partial charge in [0.2, 0.25) is 0 Å². The Balaban J connectivity index is 1.50. The highest BCUT2D eigenvalue weighted by Crippen LogP contribution is 2.32. The van der Waals surface area contributed by atoms with Crippen molar-refractivity contribution in [2.24, 2.45) is 0 Å². The maximum absolute atomic E-state index is 13.9. The first-order chi connectivity index (χ1) is 16.9. The lowest BCUT2D eigenvalue weighted by Gasteiger charge is -2.21. The van der Waals surface area contributed by atoms with Gasteiger partial charge in [0.25, 0.3) is 0 Å². The fourth-order valence-corrected chi connectivity index (χ4v) is 4.37. The molecule has 1 aromatic heterocycles. The van der Waals surface area contributed by atoms with Crippen LogP contribution in [-0.4, -0.2) is 69.5 Å². The molecule has 0 saturated carbocycles. The van der Waals surface area contributed by atoms with E-state index in [1.807, 2.05) is 0 Å². The number of fused-ring (bicyclic) bond motifs is 1. The third-order valence-electron chi connectivity index (χ3n) is 6.14.